The molecule has 6 heteroatoms. The van der Waals surface area contributed by atoms with E-state index in [-0.39, 0.29) is 23.8 Å². The Kier molecular flexibility index (Phi) is 4.79. The number of carbonyl (C=O) groups excluding carboxylic acids is 1. The standard InChI is InChI=1S/C19H24FN3O2/c1-11-8-9-14-15(6-5-7-17(14)20)18(11)21-19(24)23(4)10-16-12(2)22-25-13(16)3/h5-7,11,18H,8-10H2,1-4H3,(H,21,24)/t11-,18+/m0/s1. The maximum atomic E-state index is 14.1. The molecule has 0 unspecified atom stereocenters. The van der Waals surface area contributed by atoms with E-state index in [9.17, 15) is 9.18 Å². The molecule has 1 heterocycles. The van der Waals surface area contributed by atoms with E-state index in [1.54, 1.807) is 18.0 Å². The summed E-state index contributed by atoms with van der Waals surface area (Å²) in [5.74, 6) is 0.786. The Labute approximate surface area is 147 Å². The number of nitrogens with zero attached hydrogens (tertiary/aromatic N) is 2. The molecule has 2 amide bonds. The first-order valence-corrected chi connectivity index (χ1v) is 8.59. The molecule has 2 aromatic rings. The molecule has 1 aromatic heterocycles. The van der Waals surface area contributed by atoms with Crippen molar-refractivity contribution >= 4 is 6.03 Å². The lowest BCUT2D eigenvalue weighted by Gasteiger charge is -2.33. The van der Waals surface area contributed by atoms with Gasteiger partial charge in [-0.15, -0.1) is 0 Å². The van der Waals surface area contributed by atoms with E-state index < -0.39 is 0 Å². The molecule has 0 radical (unpaired) electrons. The van der Waals surface area contributed by atoms with Crippen molar-refractivity contribution in [2.45, 2.75) is 46.2 Å². The fourth-order valence-electron chi connectivity index (χ4n) is 3.48. The van der Waals surface area contributed by atoms with Gasteiger partial charge in [0.15, 0.2) is 0 Å². The van der Waals surface area contributed by atoms with Gasteiger partial charge in [0.25, 0.3) is 0 Å². The number of nitrogens with one attached hydrogen (secondary N) is 1. The van der Waals surface area contributed by atoms with Crippen molar-refractivity contribution < 1.29 is 13.7 Å². The smallest absolute Gasteiger partial charge is 0.317 e. The molecule has 1 aliphatic carbocycles. The summed E-state index contributed by atoms with van der Waals surface area (Å²) < 4.78 is 19.2. The topological polar surface area (TPSA) is 58.4 Å². The summed E-state index contributed by atoms with van der Waals surface area (Å²) in [6.45, 7) is 6.21. The molecule has 0 saturated heterocycles. The summed E-state index contributed by atoms with van der Waals surface area (Å²) in [6.07, 6.45) is 1.57. The number of hydrogen-bond acceptors (Lipinski definition) is 3. The van der Waals surface area contributed by atoms with Crippen molar-refractivity contribution in [1.82, 2.24) is 15.4 Å². The Bertz CT molecular complexity index is 767. The lowest BCUT2D eigenvalue weighted by Crippen LogP contribution is -2.42. The van der Waals surface area contributed by atoms with Crippen molar-refractivity contribution in [3.8, 4) is 0 Å². The summed E-state index contributed by atoms with van der Waals surface area (Å²) in [7, 11) is 1.74. The van der Waals surface area contributed by atoms with Crippen LogP contribution < -0.4 is 5.32 Å². The van der Waals surface area contributed by atoms with Crippen LogP contribution in [-0.4, -0.2) is 23.1 Å². The SMILES string of the molecule is Cc1noc(C)c1CN(C)C(=O)N[C@H]1c2cccc(F)c2CC[C@@H]1C. The van der Waals surface area contributed by atoms with Gasteiger partial charge in [-0.05, 0) is 49.8 Å². The van der Waals surface area contributed by atoms with E-state index in [0.717, 1.165) is 34.6 Å². The van der Waals surface area contributed by atoms with Crippen LogP contribution in [0.4, 0.5) is 9.18 Å². The van der Waals surface area contributed by atoms with Crippen LogP contribution in [0.3, 0.4) is 0 Å². The minimum absolute atomic E-state index is 0.181. The van der Waals surface area contributed by atoms with Gasteiger partial charge in [-0.1, -0.05) is 24.2 Å². The Balaban J connectivity index is 1.75. The van der Waals surface area contributed by atoms with E-state index in [4.69, 9.17) is 4.52 Å². The predicted octanol–water partition coefficient (Wildman–Crippen LogP) is 3.90. The summed E-state index contributed by atoms with van der Waals surface area (Å²) in [5, 5.41) is 6.99. The molecule has 0 spiro atoms. The van der Waals surface area contributed by atoms with Gasteiger partial charge in [0, 0.05) is 12.6 Å². The van der Waals surface area contributed by atoms with Crippen LogP contribution in [0.1, 0.15) is 47.5 Å². The van der Waals surface area contributed by atoms with E-state index in [2.05, 4.69) is 17.4 Å². The molecule has 1 aromatic carbocycles. The number of amides is 2. The van der Waals surface area contributed by atoms with Gasteiger partial charge < -0.3 is 14.7 Å². The molecule has 0 aliphatic heterocycles. The zero-order valence-corrected chi connectivity index (χ0v) is 15.1. The van der Waals surface area contributed by atoms with Gasteiger partial charge in [0.2, 0.25) is 0 Å². The highest BCUT2D eigenvalue weighted by Gasteiger charge is 2.30. The van der Waals surface area contributed by atoms with E-state index >= 15 is 0 Å². The monoisotopic (exact) mass is 345 g/mol. The molecule has 0 saturated carbocycles. The maximum absolute atomic E-state index is 14.1. The van der Waals surface area contributed by atoms with Gasteiger partial charge in [-0.3, -0.25) is 0 Å². The van der Waals surface area contributed by atoms with Crippen LogP contribution in [-0.2, 0) is 13.0 Å². The second kappa shape index (κ2) is 6.86. The second-order valence-corrected chi connectivity index (χ2v) is 6.91. The quantitative estimate of drug-likeness (QED) is 0.918. The van der Waals surface area contributed by atoms with Crippen molar-refractivity contribution in [3.63, 3.8) is 0 Å². The minimum atomic E-state index is -0.187. The first-order chi connectivity index (χ1) is 11.9. The zero-order chi connectivity index (χ0) is 18.1. The zero-order valence-electron chi connectivity index (χ0n) is 15.1. The van der Waals surface area contributed by atoms with E-state index in [1.165, 1.54) is 6.07 Å². The lowest BCUT2D eigenvalue weighted by atomic mass is 9.80. The number of aryl methyl sites for hydroxylation is 2. The van der Waals surface area contributed by atoms with Gasteiger partial charge in [0.05, 0.1) is 18.3 Å². The molecule has 2 atom stereocenters. The van der Waals surface area contributed by atoms with Crippen LogP contribution in [0.5, 0.6) is 0 Å². The number of urea groups is 1. The highest BCUT2D eigenvalue weighted by atomic mass is 19.1. The van der Waals surface area contributed by atoms with Crippen LogP contribution in [0.15, 0.2) is 22.7 Å². The Morgan fingerprint density at radius 1 is 1.44 bits per heavy atom. The minimum Gasteiger partial charge on any atom is -0.361 e. The largest absolute Gasteiger partial charge is 0.361 e. The Morgan fingerprint density at radius 3 is 2.88 bits per heavy atom. The number of aromatic nitrogens is 1. The number of carbonyl (C=O) groups is 1. The first-order valence-electron chi connectivity index (χ1n) is 8.59. The average molecular weight is 345 g/mol. The summed E-state index contributed by atoms with van der Waals surface area (Å²) in [5.41, 5.74) is 3.31. The van der Waals surface area contributed by atoms with E-state index in [0.29, 0.717) is 13.0 Å². The van der Waals surface area contributed by atoms with Crippen LogP contribution in [0, 0.1) is 25.6 Å². The molecule has 1 N–H and O–H groups in total. The first kappa shape index (κ1) is 17.5. The third kappa shape index (κ3) is 3.38. The van der Waals surface area contributed by atoms with Gasteiger partial charge in [0.1, 0.15) is 11.6 Å². The summed E-state index contributed by atoms with van der Waals surface area (Å²) in [4.78, 5) is 14.3. The number of rotatable bonds is 3. The normalized spacial score (nSPS) is 19.4. The number of halogens is 1. The molecule has 134 valence electrons. The lowest BCUT2D eigenvalue weighted by molar-refractivity contribution is 0.195. The Hall–Kier alpha value is -2.37. The second-order valence-electron chi connectivity index (χ2n) is 6.91. The molecule has 5 nitrogen and oxygen atoms in total. The third-order valence-electron chi connectivity index (χ3n) is 5.11. The number of benzene rings is 1. The predicted molar refractivity (Wildman–Crippen MR) is 92.6 cm³/mol. The van der Waals surface area contributed by atoms with Gasteiger partial charge in [-0.25, -0.2) is 9.18 Å². The molecule has 1 aliphatic rings. The Morgan fingerprint density at radius 2 is 2.20 bits per heavy atom. The van der Waals surface area contributed by atoms with Crippen molar-refractivity contribution in [2.75, 3.05) is 7.05 Å². The fraction of sp³-hybridized carbons (Fsp3) is 0.474. The molecule has 25 heavy (non-hydrogen) atoms. The third-order valence-corrected chi connectivity index (χ3v) is 5.11. The van der Waals surface area contributed by atoms with E-state index in [1.807, 2.05) is 19.9 Å². The molecule has 0 fully saturated rings. The molecule has 3 rings (SSSR count). The fourth-order valence-corrected chi connectivity index (χ4v) is 3.48. The van der Waals surface area contributed by atoms with Crippen molar-refractivity contribution in [2.24, 2.45) is 5.92 Å². The molecular weight excluding hydrogens is 321 g/mol. The van der Waals surface area contributed by atoms with Crippen LogP contribution >= 0.6 is 0 Å². The van der Waals surface area contributed by atoms with Gasteiger partial charge >= 0.3 is 6.03 Å². The number of fused-ring (bicyclic) bond motifs is 1. The number of hydrogen-bond donors (Lipinski definition) is 1. The van der Waals surface area contributed by atoms with Crippen LogP contribution in [0.2, 0.25) is 0 Å². The summed E-state index contributed by atoms with van der Waals surface area (Å²) >= 11 is 0. The highest BCUT2D eigenvalue weighted by molar-refractivity contribution is 5.74. The van der Waals surface area contributed by atoms with Crippen LogP contribution in [0.25, 0.3) is 0 Å². The van der Waals surface area contributed by atoms with Crippen molar-refractivity contribution in [3.05, 3.63) is 52.2 Å². The van der Waals surface area contributed by atoms with Crippen molar-refractivity contribution in [1.29, 1.82) is 0 Å². The molecule has 0 bridgehead atoms. The van der Waals surface area contributed by atoms with Gasteiger partial charge in [-0.2, -0.15) is 0 Å². The summed E-state index contributed by atoms with van der Waals surface area (Å²) in [6, 6.07) is 4.73. The average Bonchev–Trinajstić information content (AvgIpc) is 2.89. The highest BCUT2D eigenvalue weighted by Crippen LogP contribution is 2.35. The molecular formula is C19H24FN3O2. The maximum Gasteiger partial charge on any atom is 0.317 e.